The third-order valence-electron chi connectivity index (χ3n) is 5.64. The first-order valence-electron chi connectivity index (χ1n) is 10.00. The summed E-state index contributed by atoms with van der Waals surface area (Å²) in [5, 5.41) is 3.13. The molecule has 2 aromatic rings. The van der Waals surface area contributed by atoms with Gasteiger partial charge < -0.3 is 19.5 Å². The van der Waals surface area contributed by atoms with Crippen LogP contribution in [0.15, 0.2) is 43.0 Å². The van der Waals surface area contributed by atoms with E-state index >= 15 is 0 Å². The molecule has 144 valence electrons. The molecule has 1 saturated carbocycles. The SMILES string of the molecule is O=C(NCc1ccccc1-n1ccnc1)N(CC1CCC1)C[C@H]1CCCO1. The van der Waals surface area contributed by atoms with Crippen LogP contribution in [0.3, 0.4) is 0 Å². The number of rotatable bonds is 7. The summed E-state index contributed by atoms with van der Waals surface area (Å²) in [5.41, 5.74) is 2.12. The molecule has 1 aliphatic heterocycles. The lowest BCUT2D eigenvalue weighted by Gasteiger charge is -2.33. The molecule has 6 nitrogen and oxygen atoms in total. The van der Waals surface area contributed by atoms with Crippen LogP contribution in [-0.4, -0.2) is 46.3 Å². The molecule has 1 aliphatic carbocycles. The number of nitrogens with zero attached hydrogens (tertiary/aromatic N) is 3. The van der Waals surface area contributed by atoms with Crippen molar-refractivity contribution >= 4 is 6.03 Å². The molecule has 0 unspecified atom stereocenters. The normalized spacial score (nSPS) is 19.6. The van der Waals surface area contributed by atoms with Crippen LogP contribution < -0.4 is 5.32 Å². The van der Waals surface area contributed by atoms with Gasteiger partial charge in [-0.2, -0.15) is 0 Å². The monoisotopic (exact) mass is 368 g/mol. The molecule has 1 saturated heterocycles. The summed E-state index contributed by atoms with van der Waals surface area (Å²) in [7, 11) is 0. The fourth-order valence-electron chi connectivity index (χ4n) is 3.86. The number of para-hydroxylation sites is 1. The third kappa shape index (κ3) is 4.50. The van der Waals surface area contributed by atoms with Crippen molar-refractivity contribution in [1.82, 2.24) is 19.8 Å². The Kier molecular flexibility index (Phi) is 5.72. The zero-order valence-electron chi connectivity index (χ0n) is 15.7. The molecule has 1 aromatic carbocycles. The predicted octanol–water partition coefficient (Wildman–Crippen LogP) is 3.36. The van der Waals surface area contributed by atoms with Gasteiger partial charge in [0.25, 0.3) is 0 Å². The van der Waals surface area contributed by atoms with E-state index in [4.69, 9.17) is 4.74 Å². The highest BCUT2D eigenvalue weighted by atomic mass is 16.5. The minimum absolute atomic E-state index is 0.0119. The average Bonchev–Trinajstić information content (AvgIpc) is 3.35. The number of urea groups is 1. The highest BCUT2D eigenvalue weighted by molar-refractivity contribution is 5.74. The largest absolute Gasteiger partial charge is 0.376 e. The van der Waals surface area contributed by atoms with Gasteiger partial charge in [-0.15, -0.1) is 0 Å². The van der Waals surface area contributed by atoms with Crippen molar-refractivity contribution in [2.24, 2.45) is 5.92 Å². The van der Waals surface area contributed by atoms with Crippen molar-refractivity contribution in [3.8, 4) is 5.69 Å². The molecule has 1 atom stereocenters. The van der Waals surface area contributed by atoms with Gasteiger partial charge in [-0.3, -0.25) is 0 Å². The highest BCUT2D eigenvalue weighted by Crippen LogP contribution is 2.27. The van der Waals surface area contributed by atoms with E-state index in [0.29, 0.717) is 19.0 Å². The number of benzene rings is 1. The Morgan fingerprint density at radius 2 is 2.11 bits per heavy atom. The molecule has 0 radical (unpaired) electrons. The molecule has 2 fully saturated rings. The van der Waals surface area contributed by atoms with Crippen LogP contribution in [0.4, 0.5) is 4.79 Å². The zero-order valence-corrected chi connectivity index (χ0v) is 15.7. The van der Waals surface area contributed by atoms with Crippen LogP contribution in [0.1, 0.15) is 37.7 Å². The first-order valence-corrected chi connectivity index (χ1v) is 10.00. The summed E-state index contributed by atoms with van der Waals surface area (Å²) in [6, 6.07) is 8.10. The molecule has 4 rings (SSSR count). The maximum Gasteiger partial charge on any atom is 0.317 e. The molecule has 0 spiro atoms. The molecule has 2 aliphatic rings. The Balaban J connectivity index is 1.40. The minimum Gasteiger partial charge on any atom is -0.376 e. The molecule has 1 N–H and O–H groups in total. The molecular weight excluding hydrogens is 340 g/mol. The number of hydrogen-bond donors (Lipinski definition) is 1. The van der Waals surface area contributed by atoms with Crippen LogP contribution in [0.5, 0.6) is 0 Å². The zero-order chi connectivity index (χ0) is 18.5. The first kappa shape index (κ1) is 18.0. The van der Waals surface area contributed by atoms with Crippen LogP contribution in [0.25, 0.3) is 5.69 Å². The van der Waals surface area contributed by atoms with Crippen LogP contribution in [0, 0.1) is 5.92 Å². The number of ether oxygens (including phenoxy) is 1. The second-order valence-corrected chi connectivity index (χ2v) is 7.59. The number of aromatic nitrogens is 2. The Labute approximate surface area is 160 Å². The van der Waals surface area contributed by atoms with Crippen molar-refractivity contribution in [1.29, 1.82) is 0 Å². The van der Waals surface area contributed by atoms with E-state index in [1.165, 1.54) is 19.3 Å². The van der Waals surface area contributed by atoms with Crippen LogP contribution in [-0.2, 0) is 11.3 Å². The summed E-state index contributed by atoms with van der Waals surface area (Å²) in [6.07, 6.45) is 11.6. The maximum absolute atomic E-state index is 12.9. The second-order valence-electron chi connectivity index (χ2n) is 7.59. The van der Waals surface area contributed by atoms with Gasteiger partial charge in [0.05, 0.1) is 18.1 Å². The summed E-state index contributed by atoms with van der Waals surface area (Å²) in [4.78, 5) is 19.0. The van der Waals surface area contributed by atoms with Gasteiger partial charge in [0.2, 0.25) is 0 Å². The van der Waals surface area contributed by atoms with Gasteiger partial charge in [0, 0.05) is 38.6 Å². The fraction of sp³-hybridized carbons (Fsp3) is 0.524. The molecule has 6 heteroatoms. The van der Waals surface area contributed by atoms with E-state index in [-0.39, 0.29) is 12.1 Å². The van der Waals surface area contributed by atoms with E-state index in [0.717, 1.165) is 37.2 Å². The van der Waals surface area contributed by atoms with E-state index in [2.05, 4.69) is 10.3 Å². The molecule has 2 heterocycles. The van der Waals surface area contributed by atoms with Crippen molar-refractivity contribution in [3.05, 3.63) is 48.5 Å². The van der Waals surface area contributed by atoms with Crippen LogP contribution in [0.2, 0.25) is 0 Å². The number of nitrogens with one attached hydrogen (secondary N) is 1. The lowest BCUT2D eigenvalue weighted by Crippen LogP contribution is -2.46. The highest BCUT2D eigenvalue weighted by Gasteiger charge is 2.27. The number of imidazole rings is 1. The Hall–Kier alpha value is -2.34. The molecule has 0 bridgehead atoms. The number of hydrogen-bond acceptors (Lipinski definition) is 3. The summed E-state index contributed by atoms with van der Waals surface area (Å²) in [5.74, 6) is 0.649. The third-order valence-corrected chi connectivity index (χ3v) is 5.64. The molecule has 2 amide bonds. The standard InChI is InChI=1S/C21H28N4O2/c26-21(25(14-17-5-3-6-17)15-19-8-4-12-27-19)23-13-18-7-1-2-9-20(18)24-11-10-22-16-24/h1-2,7,9-11,16-17,19H,3-6,8,12-15H2,(H,23,26)/t19-/m1/s1. The second kappa shape index (κ2) is 8.57. The predicted molar refractivity (Wildman–Crippen MR) is 104 cm³/mol. The van der Waals surface area contributed by atoms with Gasteiger partial charge in [-0.25, -0.2) is 9.78 Å². The van der Waals surface area contributed by atoms with Gasteiger partial charge in [0.15, 0.2) is 0 Å². The average molecular weight is 368 g/mol. The number of carbonyl (C=O) groups excluding carboxylic acids is 1. The van der Waals surface area contributed by atoms with E-state index in [1.807, 2.05) is 39.9 Å². The van der Waals surface area contributed by atoms with Crippen molar-refractivity contribution in [2.45, 2.75) is 44.8 Å². The van der Waals surface area contributed by atoms with Crippen LogP contribution >= 0.6 is 0 Å². The van der Waals surface area contributed by atoms with E-state index < -0.39 is 0 Å². The summed E-state index contributed by atoms with van der Waals surface area (Å²) in [6.45, 7) is 2.86. The van der Waals surface area contributed by atoms with Crippen molar-refractivity contribution in [3.63, 3.8) is 0 Å². The van der Waals surface area contributed by atoms with Crippen molar-refractivity contribution in [2.75, 3.05) is 19.7 Å². The topological polar surface area (TPSA) is 59.4 Å². The Morgan fingerprint density at radius 1 is 1.22 bits per heavy atom. The van der Waals surface area contributed by atoms with Gasteiger partial charge >= 0.3 is 6.03 Å². The Bertz CT molecular complexity index is 736. The van der Waals surface area contributed by atoms with E-state index in [9.17, 15) is 4.79 Å². The summed E-state index contributed by atoms with van der Waals surface area (Å²) >= 11 is 0. The lowest BCUT2D eigenvalue weighted by molar-refractivity contribution is 0.0720. The van der Waals surface area contributed by atoms with Gasteiger partial charge in [-0.1, -0.05) is 24.6 Å². The minimum atomic E-state index is 0.0119. The van der Waals surface area contributed by atoms with E-state index in [1.54, 1.807) is 12.5 Å². The maximum atomic E-state index is 12.9. The van der Waals surface area contributed by atoms with Crippen molar-refractivity contribution < 1.29 is 9.53 Å². The molecular formula is C21H28N4O2. The smallest absolute Gasteiger partial charge is 0.317 e. The number of carbonyl (C=O) groups is 1. The number of amides is 2. The quantitative estimate of drug-likeness (QED) is 0.815. The van der Waals surface area contributed by atoms with Gasteiger partial charge in [0.1, 0.15) is 0 Å². The fourth-order valence-corrected chi connectivity index (χ4v) is 3.86. The molecule has 27 heavy (non-hydrogen) atoms. The molecule has 1 aromatic heterocycles. The van der Waals surface area contributed by atoms with Gasteiger partial charge in [-0.05, 0) is 43.2 Å². The summed E-state index contributed by atoms with van der Waals surface area (Å²) < 4.78 is 7.74. The Morgan fingerprint density at radius 3 is 2.81 bits per heavy atom. The lowest BCUT2D eigenvalue weighted by atomic mass is 9.85. The first-order chi connectivity index (χ1) is 13.3.